The summed E-state index contributed by atoms with van der Waals surface area (Å²) < 4.78 is 2.06. The van der Waals surface area contributed by atoms with E-state index in [0.29, 0.717) is 10.1 Å². The predicted octanol–water partition coefficient (Wildman–Crippen LogP) is 1.40. The van der Waals surface area contributed by atoms with Gasteiger partial charge in [0, 0.05) is 0 Å². The first-order chi connectivity index (χ1) is 6.18. The zero-order chi connectivity index (χ0) is 9.42. The van der Waals surface area contributed by atoms with Gasteiger partial charge in [-0.1, -0.05) is 0 Å². The maximum absolute atomic E-state index is 10.4. The third-order valence-corrected chi connectivity index (χ3v) is 2.07. The standard InChI is InChI=1S/C6H3BrN4O2/c7-5-2-9-10-3-4(11(12)13)1-8-6(5)10/h1-3H. The molecule has 2 aromatic heterocycles. The lowest BCUT2D eigenvalue weighted by atomic mass is 10.5. The van der Waals surface area contributed by atoms with E-state index < -0.39 is 4.92 Å². The van der Waals surface area contributed by atoms with Crippen molar-refractivity contribution < 1.29 is 4.92 Å². The predicted molar refractivity (Wildman–Crippen MR) is 47.3 cm³/mol. The van der Waals surface area contributed by atoms with Crippen LogP contribution in [0.4, 0.5) is 5.69 Å². The molecule has 0 N–H and O–H groups in total. The van der Waals surface area contributed by atoms with Gasteiger partial charge in [-0.25, -0.2) is 9.50 Å². The van der Waals surface area contributed by atoms with Crippen molar-refractivity contribution in [1.29, 1.82) is 0 Å². The van der Waals surface area contributed by atoms with Crippen LogP contribution >= 0.6 is 15.9 Å². The Morgan fingerprint density at radius 1 is 1.54 bits per heavy atom. The Bertz CT molecular complexity index is 480. The summed E-state index contributed by atoms with van der Waals surface area (Å²) >= 11 is 3.21. The molecule has 0 atom stereocenters. The molecule has 0 aliphatic heterocycles. The monoisotopic (exact) mass is 242 g/mol. The maximum Gasteiger partial charge on any atom is 0.305 e. The normalized spacial score (nSPS) is 10.5. The minimum Gasteiger partial charge on any atom is -0.258 e. The molecule has 2 rings (SSSR count). The molecule has 0 aliphatic carbocycles. The summed E-state index contributed by atoms with van der Waals surface area (Å²) in [6.45, 7) is 0. The van der Waals surface area contributed by atoms with Gasteiger partial charge in [-0.3, -0.25) is 10.1 Å². The molecule has 0 aromatic carbocycles. The summed E-state index contributed by atoms with van der Waals surface area (Å²) in [6.07, 6.45) is 4.04. The van der Waals surface area contributed by atoms with Gasteiger partial charge in [0.2, 0.25) is 0 Å². The van der Waals surface area contributed by atoms with Gasteiger partial charge in [-0.15, -0.1) is 0 Å². The highest BCUT2D eigenvalue weighted by Gasteiger charge is 2.09. The SMILES string of the molecule is O=[N+]([O-])c1cnc2c(Br)cnn2c1. The molecule has 2 heterocycles. The Labute approximate surface area is 80.5 Å². The van der Waals surface area contributed by atoms with Gasteiger partial charge in [-0.2, -0.15) is 5.10 Å². The lowest BCUT2D eigenvalue weighted by molar-refractivity contribution is -0.385. The number of nitrogens with zero attached hydrogens (tertiary/aromatic N) is 4. The number of aromatic nitrogens is 3. The zero-order valence-corrected chi connectivity index (χ0v) is 7.80. The average Bonchev–Trinajstić information content (AvgIpc) is 2.47. The molecule has 0 spiro atoms. The van der Waals surface area contributed by atoms with Crippen LogP contribution in [0, 0.1) is 10.1 Å². The third-order valence-electron chi connectivity index (χ3n) is 1.51. The summed E-state index contributed by atoms with van der Waals surface area (Å²) in [5.74, 6) is 0. The van der Waals surface area contributed by atoms with E-state index in [-0.39, 0.29) is 5.69 Å². The molecule has 2 aromatic rings. The Balaban J connectivity index is 2.70. The topological polar surface area (TPSA) is 73.3 Å². The molecule has 6 nitrogen and oxygen atoms in total. The van der Waals surface area contributed by atoms with Crippen LogP contribution in [0.3, 0.4) is 0 Å². The van der Waals surface area contributed by atoms with E-state index in [9.17, 15) is 10.1 Å². The second-order valence-corrected chi connectivity index (χ2v) is 3.18. The second kappa shape index (κ2) is 2.77. The molecule has 0 bridgehead atoms. The Morgan fingerprint density at radius 2 is 2.31 bits per heavy atom. The van der Waals surface area contributed by atoms with Gasteiger partial charge in [0.15, 0.2) is 5.65 Å². The number of fused-ring (bicyclic) bond motifs is 1. The third kappa shape index (κ3) is 1.26. The van der Waals surface area contributed by atoms with Crippen molar-refractivity contribution in [1.82, 2.24) is 14.6 Å². The van der Waals surface area contributed by atoms with Crippen LogP contribution in [-0.2, 0) is 0 Å². The largest absolute Gasteiger partial charge is 0.305 e. The molecule has 0 fully saturated rings. The first-order valence-electron chi connectivity index (χ1n) is 3.32. The minimum atomic E-state index is -0.512. The molecular formula is C6H3BrN4O2. The smallest absolute Gasteiger partial charge is 0.258 e. The van der Waals surface area contributed by atoms with Crippen LogP contribution < -0.4 is 0 Å². The summed E-state index contributed by atoms with van der Waals surface area (Å²) in [4.78, 5) is 13.7. The summed E-state index contributed by atoms with van der Waals surface area (Å²) in [7, 11) is 0. The molecule has 13 heavy (non-hydrogen) atoms. The number of halogens is 1. The Morgan fingerprint density at radius 3 is 3.00 bits per heavy atom. The minimum absolute atomic E-state index is 0.0805. The number of nitro groups is 1. The highest BCUT2D eigenvalue weighted by atomic mass is 79.9. The van der Waals surface area contributed by atoms with E-state index in [1.807, 2.05) is 0 Å². The van der Waals surface area contributed by atoms with Gasteiger partial charge in [0.25, 0.3) is 0 Å². The maximum atomic E-state index is 10.4. The average molecular weight is 243 g/mol. The van der Waals surface area contributed by atoms with E-state index in [4.69, 9.17) is 0 Å². The lowest BCUT2D eigenvalue weighted by Crippen LogP contribution is -1.94. The van der Waals surface area contributed by atoms with E-state index in [1.54, 1.807) is 0 Å². The van der Waals surface area contributed by atoms with Gasteiger partial charge in [-0.05, 0) is 15.9 Å². The van der Waals surface area contributed by atoms with E-state index in [0.717, 1.165) is 0 Å². The van der Waals surface area contributed by atoms with Gasteiger partial charge in [0.05, 0.1) is 15.6 Å². The van der Waals surface area contributed by atoms with Gasteiger partial charge in [0.1, 0.15) is 12.4 Å². The van der Waals surface area contributed by atoms with Crippen molar-refractivity contribution in [3.8, 4) is 0 Å². The summed E-state index contributed by atoms with van der Waals surface area (Å²) in [5.41, 5.74) is 0.480. The van der Waals surface area contributed by atoms with Crippen molar-refractivity contribution in [2.24, 2.45) is 0 Å². The van der Waals surface area contributed by atoms with Crippen LogP contribution in [0.25, 0.3) is 5.65 Å². The Hall–Kier alpha value is -1.50. The molecule has 0 aliphatic rings. The van der Waals surface area contributed by atoms with E-state index >= 15 is 0 Å². The summed E-state index contributed by atoms with van der Waals surface area (Å²) in [5, 5.41) is 14.2. The van der Waals surface area contributed by atoms with Crippen LogP contribution in [0.2, 0.25) is 0 Å². The molecule has 66 valence electrons. The number of hydrogen-bond donors (Lipinski definition) is 0. The molecule has 0 amide bonds. The van der Waals surface area contributed by atoms with Crippen LogP contribution in [-0.4, -0.2) is 19.5 Å². The van der Waals surface area contributed by atoms with Crippen LogP contribution in [0.5, 0.6) is 0 Å². The quantitative estimate of drug-likeness (QED) is 0.560. The molecule has 7 heteroatoms. The van der Waals surface area contributed by atoms with Gasteiger partial charge >= 0.3 is 5.69 Å². The highest BCUT2D eigenvalue weighted by molar-refractivity contribution is 9.10. The first-order valence-corrected chi connectivity index (χ1v) is 4.11. The number of hydrogen-bond acceptors (Lipinski definition) is 4. The molecule has 0 radical (unpaired) electrons. The molecule has 0 saturated heterocycles. The van der Waals surface area contributed by atoms with E-state index in [1.165, 1.54) is 23.1 Å². The fourth-order valence-corrected chi connectivity index (χ4v) is 1.31. The Kier molecular flexibility index (Phi) is 1.73. The first kappa shape index (κ1) is 8.11. The van der Waals surface area contributed by atoms with E-state index in [2.05, 4.69) is 26.0 Å². The van der Waals surface area contributed by atoms with Crippen LogP contribution in [0.15, 0.2) is 23.1 Å². The van der Waals surface area contributed by atoms with Crippen molar-refractivity contribution in [2.75, 3.05) is 0 Å². The second-order valence-electron chi connectivity index (χ2n) is 2.33. The van der Waals surface area contributed by atoms with Crippen molar-refractivity contribution >= 4 is 27.3 Å². The molecule has 0 unspecified atom stereocenters. The zero-order valence-electron chi connectivity index (χ0n) is 6.22. The lowest BCUT2D eigenvalue weighted by Gasteiger charge is -1.92. The van der Waals surface area contributed by atoms with Gasteiger partial charge < -0.3 is 0 Å². The molecule has 0 saturated carbocycles. The highest BCUT2D eigenvalue weighted by Crippen LogP contribution is 2.17. The molecular weight excluding hydrogens is 240 g/mol. The van der Waals surface area contributed by atoms with Crippen molar-refractivity contribution in [2.45, 2.75) is 0 Å². The fourth-order valence-electron chi connectivity index (χ4n) is 0.930. The fraction of sp³-hybridized carbons (Fsp3) is 0. The summed E-state index contributed by atoms with van der Waals surface area (Å²) in [6, 6.07) is 0. The van der Waals surface area contributed by atoms with Crippen LogP contribution in [0.1, 0.15) is 0 Å². The van der Waals surface area contributed by atoms with Crippen molar-refractivity contribution in [3.05, 3.63) is 33.2 Å². The number of rotatable bonds is 1. The van der Waals surface area contributed by atoms with Crippen molar-refractivity contribution in [3.63, 3.8) is 0 Å².